The summed E-state index contributed by atoms with van der Waals surface area (Å²) in [7, 11) is 3.00. The summed E-state index contributed by atoms with van der Waals surface area (Å²) < 4.78 is 31.2. The molecule has 1 aliphatic rings. The van der Waals surface area contributed by atoms with Crippen molar-refractivity contribution < 1.29 is 18.6 Å². The minimum absolute atomic E-state index is 0.00254. The van der Waals surface area contributed by atoms with Gasteiger partial charge in [-0.3, -0.25) is 0 Å². The average molecular weight is 483 g/mol. The highest BCUT2D eigenvalue weighted by Gasteiger charge is 2.27. The first-order chi connectivity index (χ1) is 16.8. The van der Waals surface area contributed by atoms with Gasteiger partial charge in [0.2, 0.25) is 5.88 Å². The molecule has 186 valence electrons. The molecule has 1 fully saturated rings. The lowest BCUT2D eigenvalue weighted by atomic mass is 10.0. The van der Waals surface area contributed by atoms with Crippen molar-refractivity contribution in [1.82, 2.24) is 25.7 Å². The van der Waals surface area contributed by atoms with Crippen molar-refractivity contribution >= 4 is 5.82 Å². The van der Waals surface area contributed by atoms with Crippen molar-refractivity contribution in [3.63, 3.8) is 0 Å². The van der Waals surface area contributed by atoms with E-state index in [9.17, 15) is 0 Å². The number of methoxy groups -OCH3 is 2. The van der Waals surface area contributed by atoms with E-state index in [2.05, 4.69) is 51.4 Å². The van der Waals surface area contributed by atoms with Crippen LogP contribution in [0.25, 0.3) is 22.4 Å². The first kappa shape index (κ1) is 24.7. The van der Waals surface area contributed by atoms with Crippen LogP contribution < -0.4 is 19.7 Å². The number of nitrogens with one attached hydrogen (secondary N) is 1. The van der Waals surface area contributed by atoms with Crippen LogP contribution in [0.4, 0.5) is 10.2 Å². The number of hydrogen-bond acceptors (Lipinski definition) is 9. The Morgan fingerprint density at radius 1 is 1.09 bits per heavy atom. The quantitative estimate of drug-likeness (QED) is 0.482. The molecule has 0 unspecified atom stereocenters. The Kier molecular flexibility index (Phi) is 7.42. The molecule has 0 aliphatic carbocycles. The fourth-order valence-electron chi connectivity index (χ4n) is 4.15. The smallest absolute Gasteiger partial charge is 0.233 e. The summed E-state index contributed by atoms with van der Waals surface area (Å²) in [5, 5.41) is 20.2. The summed E-state index contributed by atoms with van der Waals surface area (Å²) >= 11 is 0. The fraction of sp³-hybridized carbons (Fsp3) is 0.440. The lowest BCUT2D eigenvalue weighted by Crippen LogP contribution is -2.45. The van der Waals surface area contributed by atoms with Gasteiger partial charge < -0.3 is 24.4 Å². The van der Waals surface area contributed by atoms with Crippen LogP contribution in [-0.4, -0.2) is 66.1 Å². The highest BCUT2D eigenvalue weighted by Crippen LogP contribution is 2.36. The molecule has 0 saturated carbocycles. The van der Waals surface area contributed by atoms with Crippen molar-refractivity contribution in [3.8, 4) is 34.0 Å². The van der Waals surface area contributed by atoms with Gasteiger partial charge in [0.25, 0.3) is 0 Å². The van der Waals surface area contributed by atoms with Gasteiger partial charge in [0.15, 0.2) is 12.6 Å². The Bertz CT molecular complexity index is 1150. The number of nitrogens with zero attached hydrogens (tertiary/aromatic N) is 5. The lowest BCUT2D eigenvalue weighted by molar-refractivity contribution is 0.0515. The molecule has 3 heterocycles. The summed E-state index contributed by atoms with van der Waals surface area (Å²) in [6.45, 7) is 8.26. The van der Waals surface area contributed by atoms with Gasteiger partial charge in [-0.1, -0.05) is 0 Å². The van der Waals surface area contributed by atoms with E-state index in [1.165, 1.54) is 26.5 Å². The monoisotopic (exact) mass is 482 g/mol. The average Bonchev–Trinajstić information content (AvgIpc) is 3.30. The highest BCUT2D eigenvalue weighted by molar-refractivity contribution is 5.75. The molecule has 35 heavy (non-hydrogen) atoms. The van der Waals surface area contributed by atoms with Gasteiger partial charge in [-0.05, 0) is 51.5 Å². The van der Waals surface area contributed by atoms with Crippen LogP contribution in [-0.2, 0) is 4.74 Å². The minimum atomic E-state index is -0.457. The number of anilines is 1. The van der Waals surface area contributed by atoms with E-state index in [-0.39, 0.29) is 18.2 Å². The van der Waals surface area contributed by atoms with E-state index < -0.39 is 5.82 Å². The zero-order valence-corrected chi connectivity index (χ0v) is 20.7. The third-order valence-corrected chi connectivity index (χ3v) is 5.63. The van der Waals surface area contributed by atoms with Crippen LogP contribution in [0.1, 0.15) is 27.2 Å². The molecule has 10 heteroatoms. The van der Waals surface area contributed by atoms with Crippen LogP contribution in [0.2, 0.25) is 0 Å². The Balaban J connectivity index is 1.60. The summed E-state index contributed by atoms with van der Waals surface area (Å²) in [5.41, 5.74) is 1.84. The van der Waals surface area contributed by atoms with E-state index in [0.717, 1.165) is 25.3 Å². The van der Waals surface area contributed by atoms with Gasteiger partial charge in [-0.15, -0.1) is 15.3 Å². The topological polar surface area (TPSA) is 94.5 Å². The Morgan fingerprint density at radius 3 is 2.60 bits per heavy atom. The van der Waals surface area contributed by atoms with E-state index in [4.69, 9.17) is 14.2 Å². The third-order valence-electron chi connectivity index (χ3n) is 5.63. The molecule has 0 amide bonds. The van der Waals surface area contributed by atoms with Crippen molar-refractivity contribution in [2.24, 2.45) is 0 Å². The molecule has 1 atom stereocenters. The molecule has 3 aromatic rings. The van der Waals surface area contributed by atoms with Gasteiger partial charge in [-0.2, -0.15) is 5.10 Å². The van der Waals surface area contributed by atoms with Gasteiger partial charge >= 0.3 is 0 Å². The summed E-state index contributed by atoms with van der Waals surface area (Å²) in [6.07, 6.45) is 2.50. The van der Waals surface area contributed by atoms with E-state index in [1.54, 1.807) is 12.1 Å². The zero-order valence-electron chi connectivity index (χ0n) is 20.7. The Labute approximate surface area is 204 Å². The Morgan fingerprint density at radius 2 is 1.91 bits per heavy atom. The van der Waals surface area contributed by atoms with Gasteiger partial charge in [0.1, 0.15) is 11.6 Å². The molecular formula is C25H31FN6O3. The van der Waals surface area contributed by atoms with Gasteiger partial charge in [-0.25, -0.2) is 4.39 Å². The van der Waals surface area contributed by atoms with Crippen molar-refractivity contribution in [2.75, 3.05) is 39.0 Å². The van der Waals surface area contributed by atoms with Gasteiger partial charge in [0, 0.05) is 54.5 Å². The number of benzene rings is 1. The summed E-state index contributed by atoms with van der Waals surface area (Å²) in [6, 6.07) is 8.73. The molecule has 1 N–H and O–H groups in total. The molecule has 9 nitrogen and oxygen atoms in total. The van der Waals surface area contributed by atoms with Crippen LogP contribution in [0.15, 0.2) is 36.5 Å². The molecule has 0 spiro atoms. The predicted molar refractivity (Wildman–Crippen MR) is 131 cm³/mol. The molecule has 4 rings (SSSR count). The SMILES string of the molecule is COCOc1cc(-c2cnnc(OC)c2)c(F)cc1-c1ccc(N2CC[C@@H](NC(C)(C)C)C2)nn1. The maximum Gasteiger partial charge on any atom is 0.233 e. The Hall–Kier alpha value is -3.37. The molecule has 1 aromatic carbocycles. The number of hydrogen-bond donors (Lipinski definition) is 1. The van der Waals surface area contributed by atoms with Crippen molar-refractivity contribution in [3.05, 3.63) is 42.3 Å². The van der Waals surface area contributed by atoms with Crippen LogP contribution >= 0.6 is 0 Å². The lowest BCUT2D eigenvalue weighted by Gasteiger charge is -2.26. The number of ether oxygens (including phenoxy) is 3. The summed E-state index contributed by atoms with van der Waals surface area (Å²) in [4.78, 5) is 2.20. The number of aromatic nitrogens is 4. The molecule has 2 aromatic heterocycles. The largest absolute Gasteiger partial charge is 0.480 e. The number of rotatable bonds is 8. The fourth-order valence-corrected chi connectivity index (χ4v) is 4.15. The van der Waals surface area contributed by atoms with E-state index in [0.29, 0.717) is 34.2 Å². The highest BCUT2D eigenvalue weighted by atomic mass is 19.1. The second-order valence-electron chi connectivity index (χ2n) is 9.47. The predicted octanol–water partition coefficient (Wildman–Crippen LogP) is 3.70. The summed E-state index contributed by atoms with van der Waals surface area (Å²) in [5.74, 6) is 1.03. The number of halogens is 1. The molecular weight excluding hydrogens is 451 g/mol. The minimum Gasteiger partial charge on any atom is -0.480 e. The van der Waals surface area contributed by atoms with Crippen molar-refractivity contribution in [1.29, 1.82) is 0 Å². The van der Waals surface area contributed by atoms with E-state index in [1.807, 2.05) is 12.1 Å². The van der Waals surface area contributed by atoms with Crippen LogP contribution in [0, 0.1) is 5.82 Å². The molecule has 0 radical (unpaired) electrons. The van der Waals surface area contributed by atoms with Crippen molar-refractivity contribution in [2.45, 2.75) is 38.8 Å². The van der Waals surface area contributed by atoms with Crippen LogP contribution in [0.5, 0.6) is 11.6 Å². The normalized spacial score (nSPS) is 15.9. The third kappa shape index (κ3) is 6.01. The maximum atomic E-state index is 15.2. The first-order valence-corrected chi connectivity index (χ1v) is 11.5. The first-order valence-electron chi connectivity index (χ1n) is 11.5. The molecule has 1 aliphatic heterocycles. The molecule has 1 saturated heterocycles. The standard InChI is InChI=1S/C25H31FN6O3/c1-25(2,3)28-17-8-9-32(14-17)23-7-6-21(29-30-23)19-11-20(26)18(12-22(19)35-15-33-4)16-10-24(34-5)31-27-13-16/h6-7,10-13,17,28H,8-9,14-15H2,1-5H3/t17-/m1/s1. The maximum absolute atomic E-state index is 15.2. The second kappa shape index (κ2) is 10.5. The zero-order chi connectivity index (χ0) is 25.0. The molecule has 0 bridgehead atoms. The van der Waals surface area contributed by atoms with Crippen LogP contribution in [0.3, 0.4) is 0 Å². The second-order valence-corrected chi connectivity index (χ2v) is 9.47. The van der Waals surface area contributed by atoms with E-state index >= 15 is 4.39 Å². The van der Waals surface area contributed by atoms with Gasteiger partial charge in [0.05, 0.1) is 19.0 Å².